The molecule has 2 aromatic heterocycles. The van der Waals surface area contributed by atoms with Crippen LogP contribution in [0.1, 0.15) is 41.9 Å². The van der Waals surface area contributed by atoms with Gasteiger partial charge in [0.1, 0.15) is 16.5 Å². The molecule has 0 radical (unpaired) electrons. The van der Waals surface area contributed by atoms with Gasteiger partial charge in [-0.05, 0) is 44.1 Å². The van der Waals surface area contributed by atoms with Crippen LogP contribution in [0.15, 0.2) is 0 Å². The Labute approximate surface area is 146 Å². The molecule has 0 N–H and O–H groups in total. The first-order valence-corrected chi connectivity index (χ1v) is 9.71. The summed E-state index contributed by atoms with van der Waals surface area (Å²) in [5, 5.41) is 1.28. The first-order chi connectivity index (χ1) is 11.6. The van der Waals surface area contributed by atoms with Crippen LogP contribution >= 0.6 is 11.3 Å². The molecule has 0 spiro atoms. The highest BCUT2D eigenvalue weighted by Gasteiger charge is 2.25. The third-order valence-corrected chi connectivity index (χ3v) is 6.24. The van der Waals surface area contributed by atoms with Gasteiger partial charge in [0.25, 0.3) is 0 Å². The smallest absolute Gasteiger partial charge is 0.229 e. The lowest BCUT2D eigenvalue weighted by molar-refractivity contribution is -0.128. The van der Waals surface area contributed by atoms with Crippen molar-refractivity contribution in [2.45, 2.75) is 44.9 Å². The normalized spacial score (nSPS) is 17.3. The largest absolute Gasteiger partial charge is 0.356 e. The van der Waals surface area contributed by atoms with Gasteiger partial charge in [-0.1, -0.05) is 0 Å². The van der Waals surface area contributed by atoms with Crippen LogP contribution in [0.25, 0.3) is 10.2 Å². The molecule has 1 amide bonds. The van der Waals surface area contributed by atoms with Crippen LogP contribution in [0.3, 0.4) is 0 Å². The van der Waals surface area contributed by atoms with Crippen molar-refractivity contribution in [2.24, 2.45) is 0 Å². The van der Waals surface area contributed by atoms with E-state index in [2.05, 4.69) is 4.90 Å². The van der Waals surface area contributed by atoms with E-state index < -0.39 is 0 Å². The second-order valence-electron chi connectivity index (χ2n) is 7.01. The highest BCUT2D eigenvalue weighted by molar-refractivity contribution is 7.19. The second kappa shape index (κ2) is 6.31. The van der Waals surface area contributed by atoms with Gasteiger partial charge in [-0.25, -0.2) is 9.97 Å². The van der Waals surface area contributed by atoms with E-state index in [9.17, 15) is 4.79 Å². The lowest BCUT2D eigenvalue weighted by Crippen LogP contribution is -2.25. The van der Waals surface area contributed by atoms with Crippen molar-refractivity contribution in [3.63, 3.8) is 0 Å². The molecule has 0 aromatic carbocycles. The SMILES string of the molecule is CN(C)C(=O)Cc1nc(N2CCCC2)c2c3c(sc2n1)CCCC3. The number of fused-ring (bicyclic) bond motifs is 3. The number of anilines is 1. The number of carbonyl (C=O) groups is 1. The van der Waals surface area contributed by atoms with Crippen LogP contribution in [-0.4, -0.2) is 48.0 Å². The Morgan fingerprint density at radius 3 is 2.62 bits per heavy atom. The lowest BCUT2D eigenvalue weighted by Gasteiger charge is -2.20. The molecule has 1 aliphatic heterocycles. The maximum Gasteiger partial charge on any atom is 0.229 e. The molecule has 2 aromatic rings. The highest BCUT2D eigenvalue weighted by atomic mass is 32.1. The van der Waals surface area contributed by atoms with Crippen molar-refractivity contribution >= 4 is 33.3 Å². The molecule has 4 rings (SSSR count). The molecule has 5 nitrogen and oxygen atoms in total. The van der Waals surface area contributed by atoms with E-state index in [1.54, 1.807) is 19.0 Å². The first kappa shape index (κ1) is 15.8. The van der Waals surface area contributed by atoms with Crippen molar-refractivity contribution in [1.82, 2.24) is 14.9 Å². The standard InChI is InChI=1S/C18H24N4OS/c1-21(2)15(23)11-14-19-17(22-9-5-6-10-22)16-12-7-3-4-8-13(12)24-18(16)20-14/h3-11H2,1-2H3. The minimum Gasteiger partial charge on any atom is -0.356 e. The maximum absolute atomic E-state index is 12.1. The Balaban J connectivity index is 1.83. The lowest BCUT2D eigenvalue weighted by atomic mass is 9.97. The van der Waals surface area contributed by atoms with Crippen molar-refractivity contribution < 1.29 is 4.79 Å². The average Bonchev–Trinajstić information content (AvgIpc) is 3.21. The minimum atomic E-state index is 0.0584. The predicted octanol–water partition coefficient (Wildman–Crippen LogP) is 2.80. The fourth-order valence-corrected chi connectivity index (χ4v) is 4.99. The summed E-state index contributed by atoms with van der Waals surface area (Å²) < 4.78 is 0. The molecule has 3 heterocycles. The quantitative estimate of drug-likeness (QED) is 0.859. The van der Waals surface area contributed by atoms with E-state index in [1.165, 1.54) is 47.9 Å². The van der Waals surface area contributed by atoms with Gasteiger partial charge >= 0.3 is 0 Å². The molecule has 2 aliphatic rings. The van der Waals surface area contributed by atoms with Gasteiger partial charge in [-0.15, -0.1) is 11.3 Å². The Kier molecular flexibility index (Phi) is 4.16. The fourth-order valence-electron chi connectivity index (χ4n) is 3.71. The van der Waals surface area contributed by atoms with E-state index >= 15 is 0 Å². The molecule has 0 saturated carbocycles. The molecular formula is C18H24N4OS. The topological polar surface area (TPSA) is 49.3 Å². The number of thiophene rings is 1. The van der Waals surface area contributed by atoms with Crippen molar-refractivity contribution in [3.05, 3.63) is 16.3 Å². The molecule has 0 bridgehead atoms. The summed E-state index contributed by atoms with van der Waals surface area (Å²) in [4.78, 5) is 28.3. The third-order valence-electron chi connectivity index (χ3n) is 5.06. The Bertz CT molecular complexity index is 777. The van der Waals surface area contributed by atoms with Gasteiger partial charge in [0.05, 0.1) is 11.8 Å². The fraction of sp³-hybridized carbons (Fsp3) is 0.611. The molecule has 0 atom stereocenters. The summed E-state index contributed by atoms with van der Waals surface area (Å²) in [6.07, 6.45) is 7.59. The molecular weight excluding hydrogens is 320 g/mol. The summed E-state index contributed by atoms with van der Waals surface area (Å²) >= 11 is 1.82. The van der Waals surface area contributed by atoms with Gasteiger partial charge < -0.3 is 9.80 Å². The molecule has 1 aliphatic carbocycles. The van der Waals surface area contributed by atoms with Crippen LogP contribution in [0.5, 0.6) is 0 Å². The van der Waals surface area contributed by atoms with Crippen LogP contribution in [0.2, 0.25) is 0 Å². The molecule has 0 unspecified atom stereocenters. The number of likely N-dealkylation sites (N-methyl/N-ethyl adjacent to an activating group) is 1. The number of rotatable bonds is 3. The van der Waals surface area contributed by atoms with Crippen molar-refractivity contribution in [2.75, 3.05) is 32.1 Å². The van der Waals surface area contributed by atoms with E-state index in [0.717, 1.165) is 30.2 Å². The molecule has 24 heavy (non-hydrogen) atoms. The molecule has 6 heteroatoms. The van der Waals surface area contributed by atoms with Gasteiger partial charge in [-0.3, -0.25) is 4.79 Å². The molecule has 1 saturated heterocycles. The van der Waals surface area contributed by atoms with Crippen molar-refractivity contribution in [1.29, 1.82) is 0 Å². The second-order valence-corrected chi connectivity index (χ2v) is 8.10. The van der Waals surface area contributed by atoms with Gasteiger partial charge in [0.15, 0.2) is 0 Å². The average molecular weight is 344 g/mol. The Morgan fingerprint density at radius 1 is 1.12 bits per heavy atom. The number of nitrogens with zero attached hydrogens (tertiary/aromatic N) is 4. The zero-order valence-electron chi connectivity index (χ0n) is 14.5. The predicted molar refractivity (Wildman–Crippen MR) is 97.9 cm³/mol. The summed E-state index contributed by atoms with van der Waals surface area (Å²) in [7, 11) is 3.57. The van der Waals surface area contributed by atoms with Crippen LogP contribution in [0, 0.1) is 0 Å². The highest BCUT2D eigenvalue weighted by Crippen LogP contribution is 2.40. The number of aromatic nitrogens is 2. The maximum atomic E-state index is 12.1. The van der Waals surface area contributed by atoms with Crippen LogP contribution in [0.4, 0.5) is 5.82 Å². The van der Waals surface area contributed by atoms with Gasteiger partial charge in [-0.2, -0.15) is 0 Å². The summed E-state index contributed by atoms with van der Waals surface area (Å²) in [5.74, 6) is 1.81. The van der Waals surface area contributed by atoms with E-state index in [1.807, 2.05) is 11.3 Å². The van der Waals surface area contributed by atoms with Gasteiger partial charge in [0.2, 0.25) is 5.91 Å². The van der Waals surface area contributed by atoms with E-state index in [0.29, 0.717) is 5.82 Å². The zero-order chi connectivity index (χ0) is 16.7. The minimum absolute atomic E-state index is 0.0584. The Hall–Kier alpha value is -1.69. The Morgan fingerprint density at radius 2 is 1.88 bits per heavy atom. The van der Waals surface area contributed by atoms with Crippen molar-refractivity contribution in [3.8, 4) is 0 Å². The number of aryl methyl sites for hydroxylation is 2. The van der Waals surface area contributed by atoms with Gasteiger partial charge in [0, 0.05) is 32.1 Å². The number of hydrogen-bond acceptors (Lipinski definition) is 5. The third kappa shape index (κ3) is 2.77. The monoisotopic (exact) mass is 344 g/mol. The number of hydrogen-bond donors (Lipinski definition) is 0. The molecule has 128 valence electrons. The van der Waals surface area contributed by atoms with E-state index in [4.69, 9.17) is 9.97 Å². The number of carbonyl (C=O) groups excluding carboxylic acids is 1. The summed E-state index contributed by atoms with van der Waals surface area (Å²) in [5.41, 5.74) is 1.48. The van der Waals surface area contributed by atoms with Crippen LogP contribution in [-0.2, 0) is 24.1 Å². The zero-order valence-corrected chi connectivity index (χ0v) is 15.3. The summed E-state index contributed by atoms with van der Waals surface area (Å²) in [6, 6.07) is 0. The summed E-state index contributed by atoms with van der Waals surface area (Å²) in [6.45, 7) is 2.13. The number of amides is 1. The van der Waals surface area contributed by atoms with E-state index in [-0.39, 0.29) is 12.3 Å². The van der Waals surface area contributed by atoms with Crippen LogP contribution < -0.4 is 4.90 Å². The molecule has 1 fully saturated rings. The first-order valence-electron chi connectivity index (χ1n) is 8.90.